The van der Waals surface area contributed by atoms with E-state index in [1.54, 1.807) is 9.80 Å². The molecule has 200 valence electrons. The van der Waals surface area contributed by atoms with Gasteiger partial charge in [0, 0.05) is 13.1 Å². The van der Waals surface area contributed by atoms with E-state index in [1.807, 2.05) is 45.1 Å². The number of aliphatic hydroxyl groups excluding tert-OH is 1. The molecular weight excluding hydrogens is 460 g/mol. The van der Waals surface area contributed by atoms with Crippen molar-refractivity contribution >= 4 is 17.8 Å². The number of carbonyl (C=O) groups excluding carboxylic acids is 3. The summed E-state index contributed by atoms with van der Waals surface area (Å²) < 4.78 is 12.5. The van der Waals surface area contributed by atoms with E-state index in [0.29, 0.717) is 19.7 Å². The average Bonchev–Trinajstić information content (AvgIpc) is 3.19. The number of aliphatic hydroxyl groups is 1. The minimum absolute atomic E-state index is 0.0405. The Morgan fingerprint density at radius 3 is 2.58 bits per heavy atom. The smallest absolute Gasteiger partial charge is 0.313 e. The van der Waals surface area contributed by atoms with Crippen LogP contribution in [0.15, 0.2) is 24.3 Å². The second kappa shape index (κ2) is 10.7. The highest BCUT2D eigenvalue weighted by Gasteiger charge is 2.75. The normalized spacial score (nSPS) is 37.0. The lowest BCUT2D eigenvalue weighted by Gasteiger charge is -2.41. The molecule has 2 amide bonds. The van der Waals surface area contributed by atoms with Crippen LogP contribution in [0, 0.1) is 17.8 Å². The van der Waals surface area contributed by atoms with Crippen molar-refractivity contribution in [1.29, 1.82) is 0 Å². The number of unbranched alkanes of at least 4 members (excludes halogenated alkanes) is 1. The Labute approximate surface area is 214 Å². The van der Waals surface area contributed by atoms with Crippen molar-refractivity contribution in [3.63, 3.8) is 0 Å². The standard InChI is InChI=1S/C28H42N2O6/c1-5-7-15-29-16-12-14-28-21(22-26(34)35-17-11-9-8-10-13-27(22,4)36-28)24(32)30(23(28)25(29)33)20(18-31)19(3)6-2/h10,12-14,19-23,31H,5-9,11,15-18H2,1-4H3/b13-10-/t19-,20-,21-,22-,23?,27+,28-/m0/s1. The molecule has 4 aliphatic heterocycles. The second-order valence-corrected chi connectivity index (χ2v) is 11.0. The average molecular weight is 503 g/mol. The van der Waals surface area contributed by atoms with Crippen LogP contribution in [0.1, 0.15) is 66.2 Å². The molecule has 1 spiro atoms. The highest BCUT2D eigenvalue weighted by atomic mass is 16.6. The summed E-state index contributed by atoms with van der Waals surface area (Å²) in [6.07, 6.45) is 12.7. The van der Waals surface area contributed by atoms with Crippen LogP contribution in [-0.2, 0) is 23.9 Å². The lowest BCUT2D eigenvalue weighted by molar-refractivity contribution is -0.162. The summed E-state index contributed by atoms with van der Waals surface area (Å²) >= 11 is 0. The van der Waals surface area contributed by atoms with Gasteiger partial charge in [-0.2, -0.15) is 0 Å². The maximum absolute atomic E-state index is 14.3. The number of amides is 2. The zero-order chi connectivity index (χ0) is 26.1. The van der Waals surface area contributed by atoms with Gasteiger partial charge in [-0.15, -0.1) is 0 Å². The molecule has 4 aliphatic rings. The first-order valence-corrected chi connectivity index (χ1v) is 13.7. The summed E-state index contributed by atoms with van der Waals surface area (Å²) in [5, 5.41) is 10.4. The van der Waals surface area contributed by atoms with Gasteiger partial charge in [-0.05, 0) is 38.5 Å². The molecule has 8 nitrogen and oxygen atoms in total. The molecule has 0 aromatic rings. The van der Waals surface area contributed by atoms with Gasteiger partial charge in [0.05, 0.1) is 30.8 Å². The Morgan fingerprint density at radius 2 is 1.89 bits per heavy atom. The third-order valence-electron chi connectivity index (χ3n) is 8.65. The topological polar surface area (TPSA) is 96.4 Å². The molecule has 0 aromatic carbocycles. The van der Waals surface area contributed by atoms with Crippen LogP contribution in [0.25, 0.3) is 0 Å². The van der Waals surface area contributed by atoms with Gasteiger partial charge in [-0.3, -0.25) is 14.4 Å². The second-order valence-electron chi connectivity index (χ2n) is 11.0. The lowest BCUT2D eigenvalue weighted by Crippen LogP contribution is -2.59. The third kappa shape index (κ3) is 4.30. The number of rotatable bonds is 7. The van der Waals surface area contributed by atoms with E-state index in [9.17, 15) is 19.5 Å². The number of nitrogens with zero attached hydrogens (tertiary/aromatic N) is 2. The molecule has 0 aromatic heterocycles. The van der Waals surface area contributed by atoms with E-state index in [-0.39, 0.29) is 24.3 Å². The van der Waals surface area contributed by atoms with Crippen LogP contribution in [0.4, 0.5) is 0 Å². The number of ether oxygens (including phenoxy) is 2. The minimum atomic E-state index is -1.31. The predicted molar refractivity (Wildman–Crippen MR) is 135 cm³/mol. The van der Waals surface area contributed by atoms with Gasteiger partial charge in [0.2, 0.25) is 11.8 Å². The van der Waals surface area contributed by atoms with Crippen LogP contribution in [-0.4, -0.2) is 82.3 Å². The quantitative estimate of drug-likeness (QED) is 0.425. The zero-order valence-electron chi connectivity index (χ0n) is 22.2. The van der Waals surface area contributed by atoms with Crippen molar-refractivity contribution in [2.45, 2.75) is 89.5 Å². The Balaban J connectivity index is 1.88. The first kappa shape index (κ1) is 26.9. The van der Waals surface area contributed by atoms with Crippen LogP contribution in [0.2, 0.25) is 0 Å². The molecule has 0 aliphatic carbocycles. The number of hydrogen-bond acceptors (Lipinski definition) is 6. The van der Waals surface area contributed by atoms with Crippen LogP contribution in [0.5, 0.6) is 0 Å². The van der Waals surface area contributed by atoms with Crippen molar-refractivity contribution in [2.24, 2.45) is 17.8 Å². The van der Waals surface area contributed by atoms with E-state index in [4.69, 9.17) is 9.47 Å². The highest BCUT2D eigenvalue weighted by Crippen LogP contribution is 2.57. The number of allylic oxidation sites excluding steroid dienone is 1. The van der Waals surface area contributed by atoms with Crippen molar-refractivity contribution in [3.05, 3.63) is 24.3 Å². The number of likely N-dealkylation sites (tertiary alicyclic amines) is 1. The van der Waals surface area contributed by atoms with E-state index >= 15 is 0 Å². The molecular formula is C28H42N2O6. The van der Waals surface area contributed by atoms with Gasteiger partial charge in [0.1, 0.15) is 17.6 Å². The Morgan fingerprint density at radius 1 is 1.11 bits per heavy atom. The molecule has 36 heavy (non-hydrogen) atoms. The Bertz CT molecular complexity index is 918. The fraction of sp³-hybridized carbons (Fsp3) is 0.750. The third-order valence-corrected chi connectivity index (χ3v) is 8.65. The van der Waals surface area contributed by atoms with Crippen molar-refractivity contribution in [3.8, 4) is 0 Å². The molecule has 8 heteroatoms. The maximum atomic E-state index is 14.3. The highest BCUT2D eigenvalue weighted by molar-refractivity contribution is 5.99. The number of esters is 1. The molecule has 2 fully saturated rings. The van der Waals surface area contributed by atoms with Crippen LogP contribution < -0.4 is 0 Å². The molecule has 2 saturated heterocycles. The zero-order valence-corrected chi connectivity index (χ0v) is 22.2. The molecule has 4 rings (SSSR count). The minimum Gasteiger partial charge on any atom is -0.465 e. The first-order valence-electron chi connectivity index (χ1n) is 13.7. The molecule has 1 N–H and O–H groups in total. The summed E-state index contributed by atoms with van der Waals surface area (Å²) in [5.74, 6) is -2.80. The molecule has 0 saturated carbocycles. The fourth-order valence-electron chi connectivity index (χ4n) is 6.51. The van der Waals surface area contributed by atoms with Gasteiger partial charge in [0.25, 0.3) is 0 Å². The summed E-state index contributed by atoms with van der Waals surface area (Å²) in [6, 6.07) is -1.51. The SMILES string of the molecule is CCCCN1CC=C[C@]23O[C@]4(C)/C=C\CCCCOC(=O)[C@@H]4[C@H]2C(=O)N([C@@H](CO)[C@@H](C)CC)C3C1=O. The molecule has 4 heterocycles. The maximum Gasteiger partial charge on any atom is 0.313 e. The molecule has 0 bridgehead atoms. The van der Waals surface area contributed by atoms with E-state index < -0.39 is 41.1 Å². The van der Waals surface area contributed by atoms with Crippen molar-refractivity contribution in [1.82, 2.24) is 9.80 Å². The van der Waals surface area contributed by atoms with E-state index in [1.165, 1.54) is 0 Å². The summed E-state index contributed by atoms with van der Waals surface area (Å²) in [7, 11) is 0. The van der Waals surface area contributed by atoms with Crippen molar-refractivity contribution in [2.75, 3.05) is 26.3 Å². The summed E-state index contributed by atoms with van der Waals surface area (Å²) in [5.41, 5.74) is -2.40. The Kier molecular flexibility index (Phi) is 7.95. The van der Waals surface area contributed by atoms with Gasteiger partial charge >= 0.3 is 5.97 Å². The van der Waals surface area contributed by atoms with Crippen LogP contribution in [0.3, 0.4) is 0 Å². The number of carbonyl (C=O) groups is 3. The predicted octanol–water partition coefficient (Wildman–Crippen LogP) is 2.85. The number of cyclic esters (lactones) is 1. The fourth-order valence-corrected chi connectivity index (χ4v) is 6.51. The van der Waals surface area contributed by atoms with E-state index in [0.717, 1.165) is 38.5 Å². The number of fused-ring (bicyclic) bond motifs is 2. The lowest BCUT2D eigenvalue weighted by atomic mass is 9.74. The first-order chi connectivity index (χ1) is 17.3. The largest absolute Gasteiger partial charge is 0.465 e. The van der Waals surface area contributed by atoms with Gasteiger partial charge in [0.15, 0.2) is 0 Å². The monoisotopic (exact) mass is 502 g/mol. The van der Waals surface area contributed by atoms with Gasteiger partial charge < -0.3 is 24.4 Å². The van der Waals surface area contributed by atoms with Crippen LogP contribution >= 0.6 is 0 Å². The van der Waals surface area contributed by atoms with Crippen molar-refractivity contribution < 1.29 is 29.0 Å². The summed E-state index contributed by atoms with van der Waals surface area (Å²) in [6.45, 7) is 8.92. The molecule has 7 atom stereocenters. The molecule has 0 radical (unpaired) electrons. The van der Waals surface area contributed by atoms with E-state index in [2.05, 4.69) is 6.92 Å². The molecule has 1 unspecified atom stereocenters. The Hall–Kier alpha value is -2.19. The number of hydrogen-bond donors (Lipinski definition) is 1. The van der Waals surface area contributed by atoms with Gasteiger partial charge in [-0.25, -0.2) is 0 Å². The summed E-state index contributed by atoms with van der Waals surface area (Å²) in [4.78, 5) is 45.4. The van der Waals surface area contributed by atoms with Gasteiger partial charge in [-0.1, -0.05) is 57.9 Å².